The van der Waals surface area contributed by atoms with Gasteiger partial charge in [-0.3, -0.25) is 0 Å². The lowest BCUT2D eigenvalue weighted by Crippen LogP contribution is -2.04. The highest BCUT2D eigenvalue weighted by atomic mass is 32.3. The molecule has 0 saturated heterocycles. The molecule has 1 atom stereocenters. The van der Waals surface area contributed by atoms with Crippen molar-refractivity contribution >= 4 is 21.0 Å². The molecule has 0 unspecified atom stereocenters. The molecule has 16 heavy (non-hydrogen) atoms. The molecule has 0 aromatic heterocycles. The first-order chi connectivity index (χ1) is 7.50. The maximum absolute atomic E-state index is 13.0. The summed E-state index contributed by atoms with van der Waals surface area (Å²) in [5.74, 6) is 0. The van der Waals surface area contributed by atoms with E-state index in [2.05, 4.69) is 0 Å². The van der Waals surface area contributed by atoms with Gasteiger partial charge >= 0.3 is 10.2 Å². The minimum absolute atomic E-state index is 0.501. The van der Waals surface area contributed by atoms with Gasteiger partial charge in [-0.25, -0.2) is 0 Å². The first-order valence-corrected chi connectivity index (χ1v) is 6.36. The zero-order chi connectivity index (χ0) is 11.8. The average Bonchev–Trinajstić information content (AvgIpc) is 2.26. The van der Waals surface area contributed by atoms with Crippen molar-refractivity contribution in [2.75, 3.05) is 0 Å². The van der Waals surface area contributed by atoms with Gasteiger partial charge < -0.3 is 0 Å². The Balaban J connectivity index is 2.70. The van der Waals surface area contributed by atoms with E-state index in [0.29, 0.717) is 5.56 Å². The van der Waals surface area contributed by atoms with E-state index in [0.717, 1.165) is 10.8 Å². The normalized spacial score (nSPS) is 13.9. The van der Waals surface area contributed by atoms with Crippen LogP contribution in [0.5, 0.6) is 0 Å². The quantitative estimate of drug-likeness (QED) is 0.753. The Hall–Kier alpha value is -1.42. The number of hydrogen-bond acceptors (Lipinski definition) is 2. The van der Waals surface area contributed by atoms with Crippen LogP contribution in [0.1, 0.15) is 17.7 Å². The molecule has 0 radical (unpaired) electrons. The minimum atomic E-state index is -4.55. The van der Waals surface area contributed by atoms with E-state index in [4.69, 9.17) is 0 Å². The Bertz CT molecular complexity index is 614. The summed E-state index contributed by atoms with van der Waals surface area (Å²) < 4.78 is 34.8. The van der Waals surface area contributed by atoms with Crippen molar-refractivity contribution in [2.24, 2.45) is 0 Å². The van der Waals surface area contributed by atoms with Gasteiger partial charge in [0.1, 0.15) is 5.25 Å². The summed E-state index contributed by atoms with van der Waals surface area (Å²) in [7, 11) is -4.55. The van der Waals surface area contributed by atoms with Gasteiger partial charge in [-0.1, -0.05) is 42.5 Å². The van der Waals surface area contributed by atoms with Crippen LogP contribution in [0.15, 0.2) is 42.5 Å². The van der Waals surface area contributed by atoms with Crippen molar-refractivity contribution in [1.82, 2.24) is 0 Å². The number of halogens is 1. The van der Waals surface area contributed by atoms with Crippen LogP contribution < -0.4 is 0 Å². The van der Waals surface area contributed by atoms with Crippen LogP contribution in [0, 0.1) is 0 Å². The summed E-state index contributed by atoms with van der Waals surface area (Å²) >= 11 is 0. The van der Waals surface area contributed by atoms with Crippen molar-refractivity contribution < 1.29 is 12.3 Å². The van der Waals surface area contributed by atoms with Crippen molar-refractivity contribution in [3.8, 4) is 0 Å². The molecule has 2 aromatic rings. The Morgan fingerprint density at radius 3 is 2.38 bits per heavy atom. The molecule has 0 N–H and O–H groups in total. The summed E-state index contributed by atoms with van der Waals surface area (Å²) in [5, 5.41) is 0.563. The van der Waals surface area contributed by atoms with Crippen LogP contribution in [-0.2, 0) is 10.2 Å². The Kier molecular flexibility index (Phi) is 2.68. The summed E-state index contributed by atoms with van der Waals surface area (Å²) in [4.78, 5) is 0. The van der Waals surface area contributed by atoms with Crippen LogP contribution in [0.4, 0.5) is 3.89 Å². The van der Waals surface area contributed by atoms with Gasteiger partial charge in [0.15, 0.2) is 0 Å². The third kappa shape index (κ3) is 1.93. The molecule has 2 nitrogen and oxygen atoms in total. The van der Waals surface area contributed by atoms with E-state index >= 15 is 0 Å². The van der Waals surface area contributed by atoms with Crippen molar-refractivity contribution in [1.29, 1.82) is 0 Å². The maximum Gasteiger partial charge on any atom is 0.309 e. The van der Waals surface area contributed by atoms with Gasteiger partial charge in [-0.15, -0.1) is 3.89 Å². The highest BCUT2D eigenvalue weighted by molar-refractivity contribution is 7.86. The van der Waals surface area contributed by atoms with E-state index < -0.39 is 15.5 Å². The molecular formula is C12H11FO2S. The van der Waals surface area contributed by atoms with E-state index in [-0.39, 0.29) is 0 Å². The topological polar surface area (TPSA) is 34.1 Å². The molecule has 0 saturated carbocycles. The largest absolute Gasteiger partial charge is 0.309 e. The molecular weight excluding hydrogens is 227 g/mol. The lowest BCUT2D eigenvalue weighted by Gasteiger charge is -2.10. The first-order valence-electron chi connectivity index (χ1n) is 4.91. The fourth-order valence-corrected chi connectivity index (χ4v) is 2.27. The summed E-state index contributed by atoms with van der Waals surface area (Å²) in [6, 6.07) is 12.6. The second-order valence-electron chi connectivity index (χ2n) is 3.69. The fourth-order valence-electron chi connectivity index (χ4n) is 1.76. The summed E-state index contributed by atoms with van der Waals surface area (Å²) in [5.41, 5.74) is 0.501. The lowest BCUT2D eigenvalue weighted by atomic mass is 10.0. The second kappa shape index (κ2) is 3.87. The molecule has 0 amide bonds. The standard InChI is InChI=1S/C12H11FO2S/c1-9(16(13,14)15)11-8-4-6-10-5-2-3-7-12(10)11/h2-9H,1H3/t9-/m0/s1. The number of rotatable bonds is 2. The average molecular weight is 238 g/mol. The van der Waals surface area contributed by atoms with Crippen LogP contribution in [0.25, 0.3) is 10.8 Å². The molecule has 0 heterocycles. The van der Waals surface area contributed by atoms with Crippen LogP contribution >= 0.6 is 0 Å². The fraction of sp³-hybridized carbons (Fsp3) is 0.167. The lowest BCUT2D eigenvalue weighted by molar-refractivity contribution is 0.541. The molecule has 4 heteroatoms. The van der Waals surface area contributed by atoms with Gasteiger partial charge in [0.2, 0.25) is 0 Å². The van der Waals surface area contributed by atoms with Crippen molar-refractivity contribution in [3.05, 3.63) is 48.0 Å². The number of benzene rings is 2. The van der Waals surface area contributed by atoms with Crippen molar-refractivity contribution in [2.45, 2.75) is 12.2 Å². The van der Waals surface area contributed by atoms with E-state index in [1.807, 2.05) is 24.3 Å². The second-order valence-corrected chi connectivity index (χ2v) is 5.34. The smallest absolute Gasteiger partial charge is 0.194 e. The Morgan fingerprint density at radius 2 is 1.69 bits per heavy atom. The molecule has 0 bridgehead atoms. The maximum atomic E-state index is 13.0. The van der Waals surface area contributed by atoms with Gasteiger partial charge in [0.05, 0.1) is 0 Å². The molecule has 0 spiro atoms. The SMILES string of the molecule is C[C@@H](c1cccc2ccccc12)S(=O)(=O)F. The molecule has 0 aliphatic rings. The summed E-state index contributed by atoms with van der Waals surface area (Å²) in [6.07, 6.45) is 0. The molecule has 84 valence electrons. The summed E-state index contributed by atoms with van der Waals surface area (Å²) in [6.45, 7) is 1.36. The molecule has 0 aliphatic carbocycles. The molecule has 0 aliphatic heterocycles. The Morgan fingerprint density at radius 1 is 1.06 bits per heavy atom. The molecule has 2 aromatic carbocycles. The minimum Gasteiger partial charge on any atom is -0.194 e. The van der Waals surface area contributed by atoms with E-state index in [1.165, 1.54) is 6.92 Å². The van der Waals surface area contributed by atoms with Gasteiger partial charge in [-0.2, -0.15) is 8.42 Å². The van der Waals surface area contributed by atoms with Gasteiger partial charge in [-0.05, 0) is 23.3 Å². The monoisotopic (exact) mass is 238 g/mol. The highest BCUT2D eigenvalue weighted by Gasteiger charge is 2.22. The van der Waals surface area contributed by atoms with Gasteiger partial charge in [0, 0.05) is 0 Å². The van der Waals surface area contributed by atoms with E-state index in [1.54, 1.807) is 18.2 Å². The predicted octanol–water partition coefficient (Wildman–Crippen LogP) is 3.20. The van der Waals surface area contributed by atoms with Crippen LogP contribution in [-0.4, -0.2) is 8.42 Å². The number of hydrogen-bond donors (Lipinski definition) is 0. The first kappa shape index (κ1) is 11.1. The van der Waals surface area contributed by atoms with Crippen LogP contribution in [0.2, 0.25) is 0 Å². The zero-order valence-electron chi connectivity index (χ0n) is 8.72. The molecule has 2 rings (SSSR count). The predicted molar refractivity (Wildman–Crippen MR) is 62.4 cm³/mol. The zero-order valence-corrected chi connectivity index (χ0v) is 9.54. The highest BCUT2D eigenvalue weighted by Crippen LogP contribution is 2.29. The van der Waals surface area contributed by atoms with Crippen molar-refractivity contribution in [3.63, 3.8) is 0 Å². The van der Waals surface area contributed by atoms with E-state index in [9.17, 15) is 12.3 Å². The third-order valence-corrected chi connectivity index (χ3v) is 3.78. The number of fused-ring (bicyclic) bond motifs is 1. The molecule has 0 fully saturated rings. The Labute approximate surface area is 93.9 Å². The van der Waals surface area contributed by atoms with Crippen LogP contribution in [0.3, 0.4) is 0 Å². The van der Waals surface area contributed by atoms with Gasteiger partial charge in [0.25, 0.3) is 0 Å². The third-order valence-electron chi connectivity index (χ3n) is 2.68.